The highest BCUT2D eigenvalue weighted by Crippen LogP contribution is 2.37. The number of carbonyl (C=O) groups is 1. The summed E-state index contributed by atoms with van der Waals surface area (Å²) in [5.74, 6) is -1.15. The topological polar surface area (TPSA) is 57.5 Å². The van der Waals surface area contributed by atoms with Crippen LogP contribution in [0.3, 0.4) is 0 Å². The summed E-state index contributed by atoms with van der Waals surface area (Å²) in [6.07, 6.45) is 0.918. The molecule has 0 amide bonds. The molecule has 0 bridgehead atoms. The number of aliphatic hydroxyl groups is 1. The van der Waals surface area contributed by atoms with Crippen molar-refractivity contribution in [2.45, 2.75) is 25.4 Å². The Labute approximate surface area is 82.0 Å². The zero-order valence-electron chi connectivity index (χ0n) is 7.95. The lowest BCUT2D eigenvalue weighted by Gasteiger charge is -2.17. The maximum absolute atomic E-state index is 10.9. The third-order valence-electron chi connectivity index (χ3n) is 2.82. The number of rotatable bonds is 1. The number of aryl methyl sites for hydroxylation is 2. The summed E-state index contributed by atoms with van der Waals surface area (Å²) in [5, 5.41) is 18.9. The molecular formula is C11H12O3. The van der Waals surface area contributed by atoms with E-state index in [2.05, 4.69) is 0 Å². The standard InChI is InChI=1S/C11H12O3/c1-7-2-3-9-8(6-7)4-5-11(9,14)10(12)13/h2-3,6,14H,4-5H2,1H3,(H,12,13). The van der Waals surface area contributed by atoms with E-state index >= 15 is 0 Å². The van der Waals surface area contributed by atoms with Gasteiger partial charge < -0.3 is 10.2 Å². The van der Waals surface area contributed by atoms with Crippen LogP contribution >= 0.6 is 0 Å². The smallest absolute Gasteiger partial charge is 0.340 e. The highest BCUT2D eigenvalue weighted by Gasteiger charge is 2.43. The number of benzene rings is 1. The van der Waals surface area contributed by atoms with Crippen molar-refractivity contribution in [2.75, 3.05) is 0 Å². The van der Waals surface area contributed by atoms with E-state index in [1.54, 1.807) is 6.07 Å². The molecule has 2 N–H and O–H groups in total. The molecule has 1 aromatic rings. The van der Waals surface area contributed by atoms with Crippen molar-refractivity contribution in [2.24, 2.45) is 0 Å². The van der Waals surface area contributed by atoms with Crippen LogP contribution in [0.15, 0.2) is 18.2 Å². The molecule has 0 heterocycles. The molecule has 14 heavy (non-hydrogen) atoms. The van der Waals surface area contributed by atoms with Gasteiger partial charge in [0, 0.05) is 0 Å². The van der Waals surface area contributed by atoms with Gasteiger partial charge in [0.25, 0.3) is 0 Å². The van der Waals surface area contributed by atoms with E-state index in [4.69, 9.17) is 5.11 Å². The molecular weight excluding hydrogens is 180 g/mol. The summed E-state index contributed by atoms with van der Waals surface area (Å²) in [6, 6.07) is 5.49. The number of aliphatic carboxylic acids is 1. The first-order valence-electron chi connectivity index (χ1n) is 4.60. The molecule has 0 fully saturated rings. The molecule has 2 rings (SSSR count). The van der Waals surface area contributed by atoms with Gasteiger partial charge in [0.1, 0.15) is 0 Å². The number of hydrogen-bond donors (Lipinski definition) is 2. The molecule has 3 nitrogen and oxygen atoms in total. The maximum Gasteiger partial charge on any atom is 0.340 e. The largest absolute Gasteiger partial charge is 0.479 e. The van der Waals surface area contributed by atoms with Crippen molar-refractivity contribution in [3.63, 3.8) is 0 Å². The zero-order chi connectivity index (χ0) is 10.3. The number of hydrogen-bond acceptors (Lipinski definition) is 2. The van der Waals surface area contributed by atoms with Gasteiger partial charge in [0.05, 0.1) is 0 Å². The molecule has 0 radical (unpaired) electrons. The van der Waals surface area contributed by atoms with Crippen LogP contribution in [0.2, 0.25) is 0 Å². The van der Waals surface area contributed by atoms with Gasteiger partial charge in [-0.15, -0.1) is 0 Å². The molecule has 1 atom stereocenters. The summed E-state index contributed by atoms with van der Waals surface area (Å²) in [4.78, 5) is 10.9. The van der Waals surface area contributed by atoms with Crippen LogP contribution in [0.4, 0.5) is 0 Å². The van der Waals surface area contributed by atoms with E-state index < -0.39 is 11.6 Å². The zero-order valence-corrected chi connectivity index (χ0v) is 7.95. The number of carboxylic acids is 1. The van der Waals surface area contributed by atoms with Crippen LogP contribution in [0.1, 0.15) is 23.1 Å². The molecule has 1 aromatic carbocycles. The van der Waals surface area contributed by atoms with E-state index in [1.807, 2.05) is 19.1 Å². The minimum Gasteiger partial charge on any atom is -0.479 e. The second-order valence-corrected chi connectivity index (χ2v) is 3.83. The third kappa shape index (κ3) is 1.13. The van der Waals surface area contributed by atoms with Crippen LogP contribution in [-0.4, -0.2) is 16.2 Å². The highest BCUT2D eigenvalue weighted by atomic mass is 16.4. The van der Waals surface area contributed by atoms with Crippen molar-refractivity contribution in [3.05, 3.63) is 34.9 Å². The maximum atomic E-state index is 10.9. The number of fused-ring (bicyclic) bond motifs is 1. The predicted octanol–water partition coefficient (Wildman–Crippen LogP) is 1.21. The van der Waals surface area contributed by atoms with E-state index in [9.17, 15) is 9.90 Å². The summed E-state index contributed by atoms with van der Waals surface area (Å²) in [7, 11) is 0. The first-order chi connectivity index (χ1) is 6.54. The first kappa shape index (κ1) is 9.21. The molecule has 1 aliphatic carbocycles. The van der Waals surface area contributed by atoms with Gasteiger partial charge in [0.15, 0.2) is 5.60 Å². The SMILES string of the molecule is Cc1ccc2c(c1)CCC2(O)C(=O)O. The van der Waals surface area contributed by atoms with E-state index in [-0.39, 0.29) is 6.42 Å². The first-order valence-corrected chi connectivity index (χ1v) is 4.60. The van der Waals surface area contributed by atoms with Crippen molar-refractivity contribution in [3.8, 4) is 0 Å². The second kappa shape index (κ2) is 2.82. The normalized spacial score (nSPS) is 24.7. The van der Waals surface area contributed by atoms with Gasteiger partial charge in [-0.05, 0) is 30.9 Å². The lowest BCUT2D eigenvalue weighted by atomic mass is 9.95. The summed E-state index contributed by atoms with van der Waals surface area (Å²) in [6.45, 7) is 1.96. The van der Waals surface area contributed by atoms with E-state index in [0.717, 1.165) is 11.1 Å². The van der Waals surface area contributed by atoms with Gasteiger partial charge in [-0.3, -0.25) is 0 Å². The summed E-state index contributed by atoms with van der Waals surface area (Å²) < 4.78 is 0. The van der Waals surface area contributed by atoms with Crippen LogP contribution in [0.25, 0.3) is 0 Å². The van der Waals surface area contributed by atoms with E-state index in [0.29, 0.717) is 12.0 Å². The van der Waals surface area contributed by atoms with Gasteiger partial charge in [0.2, 0.25) is 0 Å². The Morgan fingerprint density at radius 2 is 2.21 bits per heavy atom. The second-order valence-electron chi connectivity index (χ2n) is 3.83. The minimum atomic E-state index is -1.66. The quantitative estimate of drug-likeness (QED) is 0.703. The fraction of sp³-hybridized carbons (Fsp3) is 0.364. The van der Waals surface area contributed by atoms with Crippen LogP contribution < -0.4 is 0 Å². The Morgan fingerprint density at radius 3 is 2.86 bits per heavy atom. The average Bonchev–Trinajstić information content (AvgIpc) is 2.45. The Bertz CT molecular complexity index is 398. The van der Waals surface area contributed by atoms with Crippen molar-refractivity contribution >= 4 is 5.97 Å². The number of carboxylic acid groups (broad SMARTS) is 1. The van der Waals surface area contributed by atoms with Crippen LogP contribution in [-0.2, 0) is 16.8 Å². The molecule has 1 unspecified atom stereocenters. The lowest BCUT2D eigenvalue weighted by Crippen LogP contribution is -2.32. The third-order valence-corrected chi connectivity index (χ3v) is 2.82. The molecule has 1 aliphatic rings. The fourth-order valence-electron chi connectivity index (χ4n) is 2.01. The summed E-state index contributed by atoms with van der Waals surface area (Å²) in [5.41, 5.74) is 0.937. The lowest BCUT2D eigenvalue weighted by molar-refractivity contribution is -0.159. The average molecular weight is 192 g/mol. The molecule has 3 heteroatoms. The molecule has 0 aromatic heterocycles. The Hall–Kier alpha value is -1.35. The van der Waals surface area contributed by atoms with Gasteiger partial charge in [-0.25, -0.2) is 4.79 Å². The summed E-state index contributed by atoms with van der Waals surface area (Å²) >= 11 is 0. The predicted molar refractivity (Wildman–Crippen MR) is 51.0 cm³/mol. The van der Waals surface area contributed by atoms with Crippen molar-refractivity contribution < 1.29 is 15.0 Å². The fourth-order valence-corrected chi connectivity index (χ4v) is 2.01. The Balaban J connectivity index is 2.55. The molecule has 74 valence electrons. The van der Waals surface area contributed by atoms with Crippen LogP contribution in [0, 0.1) is 6.92 Å². The van der Waals surface area contributed by atoms with Crippen molar-refractivity contribution in [1.29, 1.82) is 0 Å². The van der Waals surface area contributed by atoms with Gasteiger partial charge in [-0.1, -0.05) is 23.8 Å². The van der Waals surface area contributed by atoms with Gasteiger partial charge >= 0.3 is 5.97 Å². The molecule has 0 saturated heterocycles. The van der Waals surface area contributed by atoms with E-state index in [1.165, 1.54) is 0 Å². The van der Waals surface area contributed by atoms with Gasteiger partial charge in [-0.2, -0.15) is 0 Å². The highest BCUT2D eigenvalue weighted by molar-refractivity contribution is 5.80. The van der Waals surface area contributed by atoms with Crippen LogP contribution in [0.5, 0.6) is 0 Å². The molecule has 0 spiro atoms. The molecule has 0 saturated carbocycles. The minimum absolute atomic E-state index is 0.279. The monoisotopic (exact) mass is 192 g/mol. The Morgan fingerprint density at radius 1 is 1.50 bits per heavy atom. The van der Waals surface area contributed by atoms with Crippen molar-refractivity contribution in [1.82, 2.24) is 0 Å². The Kier molecular flexibility index (Phi) is 1.86. The molecule has 0 aliphatic heterocycles.